The fraction of sp³-hybridized carbons (Fsp3) is 0.364. The van der Waals surface area contributed by atoms with Crippen LogP contribution in [0, 0.1) is 11.3 Å². The third-order valence-corrected chi connectivity index (χ3v) is 2.07. The molecule has 1 atom stereocenters. The van der Waals surface area contributed by atoms with Crippen LogP contribution in [0.1, 0.15) is 12.5 Å². The molecule has 15 heavy (non-hydrogen) atoms. The maximum atomic E-state index is 9.37. The summed E-state index contributed by atoms with van der Waals surface area (Å²) in [6.45, 7) is 1.66. The largest absolute Gasteiger partial charge is 0.504 e. The third-order valence-electron chi connectivity index (χ3n) is 2.07. The molecule has 0 aliphatic rings. The number of methoxy groups -OCH3 is 1. The Hall–Kier alpha value is -1.73. The van der Waals surface area contributed by atoms with Gasteiger partial charge in [0.05, 0.1) is 13.2 Å². The number of nitriles is 1. The molecule has 0 unspecified atom stereocenters. The van der Waals surface area contributed by atoms with E-state index in [4.69, 9.17) is 15.7 Å². The number of hydrogen-bond acceptors (Lipinski definition) is 4. The first-order valence-electron chi connectivity index (χ1n) is 4.54. The number of phenols is 1. The van der Waals surface area contributed by atoms with Gasteiger partial charge in [0.15, 0.2) is 11.5 Å². The molecule has 4 heteroatoms. The van der Waals surface area contributed by atoms with Crippen LogP contribution in [0.2, 0.25) is 0 Å². The predicted molar refractivity (Wildman–Crippen MR) is 56.6 cm³/mol. The lowest BCUT2D eigenvalue weighted by molar-refractivity contribution is 0.372. The lowest BCUT2D eigenvalue weighted by Crippen LogP contribution is -2.36. The molecule has 0 fully saturated rings. The van der Waals surface area contributed by atoms with Gasteiger partial charge in [0.25, 0.3) is 0 Å². The summed E-state index contributed by atoms with van der Waals surface area (Å²) in [6.07, 6.45) is 0.417. The second-order valence-corrected chi connectivity index (χ2v) is 3.71. The molecule has 0 radical (unpaired) electrons. The smallest absolute Gasteiger partial charge is 0.160 e. The van der Waals surface area contributed by atoms with E-state index in [9.17, 15) is 5.11 Å². The standard InChI is InChI=1S/C11H14N2O2/c1-11(13,7-12)6-8-3-4-9(14)10(5-8)15-2/h3-5,14H,6,13H2,1-2H3/t11-/m0/s1. The SMILES string of the molecule is COc1cc(C[C@](C)(N)C#N)ccc1O. The molecule has 0 heterocycles. The van der Waals surface area contributed by atoms with Gasteiger partial charge in [0.2, 0.25) is 0 Å². The van der Waals surface area contributed by atoms with Crippen molar-refractivity contribution >= 4 is 0 Å². The van der Waals surface area contributed by atoms with Crippen LogP contribution < -0.4 is 10.5 Å². The van der Waals surface area contributed by atoms with E-state index in [1.807, 2.05) is 6.07 Å². The molecule has 0 aliphatic carbocycles. The highest BCUT2D eigenvalue weighted by atomic mass is 16.5. The average Bonchev–Trinajstić information content (AvgIpc) is 2.20. The zero-order valence-corrected chi connectivity index (χ0v) is 8.82. The second kappa shape index (κ2) is 4.20. The molecule has 0 spiro atoms. The molecule has 1 aromatic rings. The summed E-state index contributed by atoms with van der Waals surface area (Å²) in [5.74, 6) is 0.471. The van der Waals surface area contributed by atoms with Gasteiger partial charge in [0.1, 0.15) is 5.54 Å². The molecule has 0 aliphatic heterocycles. The van der Waals surface area contributed by atoms with E-state index in [2.05, 4.69) is 0 Å². The highest BCUT2D eigenvalue weighted by Crippen LogP contribution is 2.27. The number of aromatic hydroxyl groups is 1. The van der Waals surface area contributed by atoms with Crippen LogP contribution in [0.3, 0.4) is 0 Å². The van der Waals surface area contributed by atoms with Crippen molar-refractivity contribution < 1.29 is 9.84 Å². The number of nitrogens with two attached hydrogens (primary N) is 1. The molecular weight excluding hydrogens is 192 g/mol. The Morgan fingerprint density at radius 1 is 1.60 bits per heavy atom. The molecule has 0 amide bonds. The predicted octanol–water partition coefficient (Wildman–Crippen LogP) is 1.18. The number of phenolic OH excluding ortho intramolecular Hbond substituents is 1. The van der Waals surface area contributed by atoms with Gasteiger partial charge in [-0.3, -0.25) is 0 Å². The summed E-state index contributed by atoms with van der Waals surface area (Å²) < 4.78 is 4.96. The molecular formula is C11H14N2O2. The van der Waals surface area contributed by atoms with E-state index in [1.54, 1.807) is 19.1 Å². The molecule has 0 saturated heterocycles. The van der Waals surface area contributed by atoms with Crippen molar-refractivity contribution in [2.45, 2.75) is 18.9 Å². The van der Waals surface area contributed by atoms with E-state index in [0.29, 0.717) is 12.2 Å². The van der Waals surface area contributed by atoms with E-state index >= 15 is 0 Å². The Labute approximate surface area is 88.9 Å². The van der Waals surface area contributed by atoms with Gasteiger partial charge in [-0.15, -0.1) is 0 Å². The van der Waals surface area contributed by atoms with Crippen LogP contribution in [0.25, 0.3) is 0 Å². The number of hydrogen-bond donors (Lipinski definition) is 2. The minimum atomic E-state index is -0.901. The van der Waals surface area contributed by atoms with Gasteiger partial charge in [-0.05, 0) is 24.6 Å². The molecule has 4 nitrogen and oxygen atoms in total. The summed E-state index contributed by atoms with van der Waals surface area (Å²) in [5.41, 5.74) is 5.67. The number of nitrogens with zero attached hydrogens (tertiary/aromatic N) is 1. The Morgan fingerprint density at radius 3 is 2.80 bits per heavy atom. The lowest BCUT2D eigenvalue weighted by atomic mass is 9.95. The first kappa shape index (κ1) is 11.3. The monoisotopic (exact) mass is 206 g/mol. The molecule has 3 N–H and O–H groups in total. The van der Waals surface area contributed by atoms with Crippen molar-refractivity contribution in [3.05, 3.63) is 23.8 Å². The van der Waals surface area contributed by atoms with Crippen LogP contribution in [0.15, 0.2) is 18.2 Å². The number of rotatable bonds is 3. The normalized spacial score (nSPS) is 14.0. The summed E-state index contributed by atoms with van der Waals surface area (Å²) in [7, 11) is 1.48. The first-order valence-corrected chi connectivity index (χ1v) is 4.54. The Bertz CT molecular complexity index is 394. The minimum absolute atomic E-state index is 0.0805. The van der Waals surface area contributed by atoms with Crippen LogP contribution >= 0.6 is 0 Å². The molecule has 0 bridgehead atoms. The number of benzene rings is 1. The Kier molecular flexibility index (Phi) is 3.17. The second-order valence-electron chi connectivity index (χ2n) is 3.71. The topological polar surface area (TPSA) is 79.3 Å². The van der Waals surface area contributed by atoms with Crippen molar-refractivity contribution in [2.75, 3.05) is 7.11 Å². The van der Waals surface area contributed by atoms with Gasteiger partial charge in [-0.25, -0.2) is 0 Å². The van der Waals surface area contributed by atoms with Gasteiger partial charge in [-0.1, -0.05) is 6.07 Å². The van der Waals surface area contributed by atoms with E-state index in [1.165, 1.54) is 13.2 Å². The quantitative estimate of drug-likeness (QED) is 0.778. The molecule has 0 saturated carbocycles. The first-order chi connectivity index (χ1) is 6.98. The van der Waals surface area contributed by atoms with Crippen molar-refractivity contribution in [1.82, 2.24) is 0 Å². The Morgan fingerprint density at radius 2 is 2.27 bits per heavy atom. The summed E-state index contributed by atoms with van der Waals surface area (Å²) in [5, 5.41) is 18.2. The lowest BCUT2D eigenvalue weighted by Gasteiger charge is -2.15. The van der Waals surface area contributed by atoms with Gasteiger partial charge in [-0.2, -0.15) is 5.26 Å². The summed E-state index contributed by atoms with van der Waals surface area (Å²) in [6, 6.07) is 6.95. The third kappa shape index (κ3) is 2.86. The van der Waals surface area contributed by atoms with Gasteiger partial charge < -0.3 is 15.6 Å². The van der Waals surface area contributed by atoms with E-state index in [-0.39, 0.29) is 5.75 Å². The van der Waals surface area contributed by atoms with Crippen LogP contribution in [-0.4, -0.2) is 17.8 Å². The number of ether oxygens (including phenoxy) is 1. The fourth-order valence-electron chi connectivity index (χ4n) is 1.30. The van der Waals surface area contributed by atoms with E-state index < -0.39 is 5.54 Å². The maximum Gasteiger partial charge on any atom is 0.160 e. The zero-order valence-electron chi connectivity index (χ0n) is 8.82. The van der Waals surface area contributed by atoms with Crippen molar-refractivity contribution in [3.63, 3.8) is 0 Å². The molecule has 1 aromatic carbocycles. The highest BCUT2D eigenvalue weighted by molar-refractivity contribution is 5.42. The highest BCUT2D eigenvalue weighted by Gasteiger charge is 2.18. The van der Waals surface area contributed by atoms with Crippen molar-refractivity contribution in [1.29, 1.82) is 5.26 Å². The van der Waals surface area contributed by atoms with Crippen molar-refractivity contribution in [2.24, 2.45) is 5.73 Å². The zero-order chi connectivity index (χ0) is 11.5. The van der Waals surface area contributed by atoms with Gasteiger partial charge >= 0.3 is 0 Å². The summed E-state index contributed by atoms with van der Waals surface area (Å²) in [4.78, 5) is 0. The Balaban J connectivity index is 2.94. The van der Waals surface area contributed by atoms with Crippen molar-refractivity contribution in [3.8, 4) is 17.6 Å². The van der Waals surface area contributed by atoms with E-state index in [0.717, 1.165) is 5.56 Å². The summed E-state index contributed by atoms with van der Waals surface area (Å²) >= 11 is 0. The van der Waals surface area contributed by atoms with Gasteiger partial charge in [0, 0.05) is 6.42 Å². The van der Waals surface area contributed by atoms with Crippen LogP contribution in [-0.2, 0) is 6.42 Å². The minimum Gasteiger partial charge on any atom is -0.504 e. The fourth-order valence-corrected chi connectivity index (χ4v) is 1.30. The molecule has 80 valence electrons. The molecule has 1 rings (SSSR count). The average molecular weight is 206 g/mol. The molecule has 0 aromatic heterocycles. The van der Waals surface area contributed by atoms with Crippen LogP contribution in [0.5, 0.6) is 11.5 Å². The van der Waals surface area contributed by atoms with Crippen LogP contribution in [0.4, 0.5) is 0 Å². The maximum absolute atomic E-state index is 9.37.